The van der Waals surface area contributed by atoms with Gasteiger partial charge in [-0.05, 0) is 149 Å². The zero-order valence-corrected chi connectivity index (χ0v) is 37.2. The molecule has 2 heteroatoms. The van der Waals surface area contributed by atoms with E-state index in [4.69, 9.17) is 4.74 Å². The van der Waals surface area contributed by atoms with E-state index >= 15 is 0 Å². The van der Waals surface area contributed by atoms with Crippen molar-refractivity contribution in [3.05, 3.63) is 261 Å². The monoisotopic (exact) mass is 865 g/mol. The highest BCUT2D eigenvalue weighted by molar-refractivity contribution is 6.07. The lowest BCUT2D eigenvalue weighted by atomic mass is 9.90. The third kappa shape index (κ3) is 6.99. The predicted molar refractivity (Wildman–Crippen MR) is 286 cm³/mol. The van der Waals surface area contributed by atoms with Crippen molar-refractivity contribution in [1.82, 2.24) is 0 Å². The van der Waals surface area contributed by atoms with Gasteiger partial charge in [0.25, 0.3) is 0 Å². The molecule has 12 aromatic carbocycles. The van der Waals surface area contributed by atoms with Crippen LogP contribution >= 0.6 is 0 Å². The van der Waals surface area contributed by atoms with Crippen molar-refractivity contribution < 1.29 is 4.74 Å². The molecule has 0 spiro atoms. The molecule has 0 unspecified atom stereocenters. The standard InChI is InChI=1S/C66H43NO/c1-3-18-58-48(11-1)13-8-21-60(58)50-29-25-44(26-30-50)46-33-37-55(38-34-46)67(56-39-35-47(36-40-56)45-27-31-51(32-28-45)61-22-9-14-49-12-2-4-19-59(49)61)57-17-7-15-52(42-57)54-41-53-16-10-24-65-66(53)63(43-54)62-20-5-6-23-64(62)68-65/h1-43H. The Morgan fingerprint density at radius 3 is 1.28 bits per heavy atom. The number of nitrogens with zero attached hydrogens (tertiary/aromatic N) is 1. The molecule has 1 aliphatic rings. The molecule has 0 saturated heterocycles. The minimum Gasteiger partial charge on any atom is -0.456 e. The van der Waals surface area contributed by atoms with E-state index in [-0.39, 0.29) is 0 Å². The number of anilines is 3. The van der Waals surface area contributed by atoms with E-state index in [1.54, 1.807) is 0 Å². The Kier molecular flexibility index (Phi) is 9.54. The number of hydrogen-bond donors (Lipinski definition) is 0. The van der Waals surface area contributed by atoms with Gasteiger partial charge in [-0.2, -0.15) is 0 Å². The van der Waals surface area contributed by atoms with Crippen LogP contribution in [0.25, 0.3) is 99.1 Å². The maximum Gasteiger partial charge on any atom is 0.135 e. The molecule has 0 fully saturated rings. The van der Waals surface area contributed by atoms with Crippen LogP contribution in [0.4, 0.5) is 17.1 Å². The molecule has 0 atom stereocenters. The van der Waals surface area contributed by atoms with E-state index in [9.17, 15) is 0 Å². The molecule has 0 bridgehead atoms. The van der Waals surface area contributed by atoms with Crippen molar-refractivity contribution >= 4 is 49.4 Å². The summed E-state index contributed by atoms with van der Waals surface area (Å²) in [4.78, 5) is 2.37. The smallest absolute Gasteiger partial charge is 0.135 e. The molecule has 0 N–H and O–H groups in total. The Hall–Kier alpha value is -8.98. The third-order valence-electron chi connectivity index (χ3n) is 13.7. The fraction of sp³-hybridized carbons (Fsp3) is 0. The van der Waals surface area contributed by atoms with Crippen LogP contribution in [0, 0.1) is 0 Å². The Morgan fingerprint density at radius 2 is 0.676 bits per heavy atom. The Balaban J connectivity index is 0.867. The highest BCUT2D eigenvalue weighted by Gasteiger charge is 2.22. The number of rotatable bonds is 8. The molecule has 1 aliphatic heterocycles. The van der Waals surface area contributed by atoms with Crippen molar-refractivity contribution in [1.29, 1.82) is 0 Å². The summed E-state index contributed by atoms with van der Waals surface area (Å²) >= 11 is 0. The molecule has 0 amide bonds. The largest absolute Gasteiger partial charge is 0.456 e. The first kappa shape index (κ1) is 39.4. The Labute approximate surface area is 396 Å². The summed E-state index contributed by atoms with van der Waals surface area (Å²) in [5.41, 5.74) is 17.5. The molecule has 1 heterocycles. The molecule has 13 rings (SSSR count). The molecule has 68 heavy (non-hydrogen) atoms. The maximum atomic E-state index is 6.39. The van der Waals surface area contributed by atoms with Crippen molar-refractivity contribution in [3.8, 4) is 78.3 Å². The van der Waals surface area contributed by atoms with Gasteiger partial charge in [0.2, 0.25) is 0 Å². The second kappa shape index (κ2) is 16.5. The minimum atomic E-state index is 0.887. The summed E-state index contributed by atoms with van der Waals surface area (Å²) in [6, 6.07) is 94.5. The third-order valence-corrected chi connectivity index (χ3v) is 13.7. The van der Waals surface area contributed by atoms with Crippen LogP contribution in [0.5, 0.6) is 11.5 Å². The first-order valence-corrected chi connectivity index (χ1v) is 23.3. The van der Waals surface area contributed by atoms with Crippen LogP contribution < -0.4 is 9.64 Å². The summed E-state index contributed by atoms with van der Waals surface area (Å²) in [7, 11) is 0. The molecule has 0 radical (unpaired) electrons. The van der Waals surface area contributed by atoms with E-state index < -0.39 is 0 Å². The van der Waals surface area contributed by atoms with Crippen LogP contribution in [0.2, 0.25) is 0 Å². The van der Waals surface area contributed by atoms with Gasteiger partial charge in [0.15, 0.2) is 0 Å². The van der Waals surface area contributed by atoms with Crippen molar-refractivity contribution in [3.63, 3.8) is 0 Å². The normalized spacial score (nSPS) is 11.6. The number of para-hydroxylation sites is 1. The quantitative estimate of drug-likeness (QED) is 0.151. The molecule has 0 aromatic heterocycles. The summed E-state index contributed by atoms with van der Waals surface area (Å²) in [6.07, 6.45) is 0. The van der Waals surface area contributed by atoms with Gasteiger partial charge in [-0.1, -0.05) is 200 Å². The zero-order chi connectivity index (χ0) is 45.0. The van der Waals surface area contributed by atoms with Crippen molar-refractivity contribution in [2.75, 3.05) is 4.90 Å². The second-order valence-electron chi connectivity index (χ2n) is 17.7. The molecule has 12 aromatic rings. The van der Waals surface area contributed by atoms with Gasteiger partial charge < -0.3 is 9.64 Å². The van der Waals surface area contributed by atoms with E-state index in [0.29, 0.717) is 0 Å². The van der Waals surface area contributed by atoms with E-state index in [1.807, 2.05) is 6.07 Å². The van der Waals surface area contributed by atoms with Gasteiger partial charge in [-0.15, -0.1) is 0 Å². The fourth-order valence-electron chi connectivity index (χ4n) is 10.3. The molecule has 2 nitrogen and oxygen atoms in total. The molecule has 318 valence electrons. The van der Waals surface area contributed by atoms with Gasteiger partial charge in [0.1, 0.15) is 11.5 Å². The molecular weight excluding hydrogens is 823 g/mol. The molecule has 0 aliphatic carbocycles. The number of benzene rings is 12. The van der Waals surface area contributed by atoms with Crippen LogP contribution in [0.15, 0.2) is 261 Å². The molecule has 0 saturated carbocycles. The van der Waals surface area contributed by atoms with Gasteiger partial charge in [0, 0.05) is 28.0 Å². The topological polar surface area (TPSA) is 12.5 Å². The Morgan fingerprint density at radius 1 is 0.235 bits per heavy atom. The lowest BCUT2D eigenvalue weighted by molar-refractivity contribution is 0.487. The number of ether oxygens (including phenoxy) is 1. The maximum absolute atomic E-state index is 6.39. The average molecular weight is 866 g/mol. The summed E-state index contributed by atoms with van der Waals surface area (Å²) in [6.45, 7) is 0. The first-order valence-electron chi connectivity index (χ1n) is 23.3. The zero-order valence-electron chi connectivity index (χ0n) is 37.2. The number of hydrogen-bond acceptors (Lipinski definition) is 2. The summed E-state index contributed by atoms with van der Waals surface area (Å²) in [5, 5.41) is 7.35. The van der Waals surface area contributed by atoms with Gasteiger partial charge >= 0.3 is 0 Å². The van der Waals surface area contributed by atoms with E-state index in [2.05, 4.69) is 260 Å². The summed E-state index contributed by atoms with van der Waals surface area (Å²) < 4.78 is 6.39. The fourth-order valence-corrected chi connectivity index (χ4v) is 10.3. The van der Waals surface area contributed by atoms with Crippen LogP contribution in [-0.2, 0) is 0 Å². The second-order valence-corrected chi connectivity index (χ2v) is 17.7. The van der Waals surface area contributed by atoms with Crippen molar-refractivity contribution in [2.45, 2.75) is 0 Å². The average Bonchev–Trinajstić information content (AvgIpc) is 3.41. The van der Waals surface area contributed by atoms with Crippen LogP contribution in [-0.4, -0.2) is 0 Å². The van der Waals surface area contributed by atoms with E-state index in [1.165, 1.54) is 71.6 Å². The SMILES string of the molecule is c1cc(-c2cc3c4c(cccc4c2)Oc2ccccc2-3)cc(N(c2ccc(-c3ccc(-c4cccc5ccccc45)cc3)cc2)c2ccc(-c3ccc(-c4cccc5ccccc45)cc3)cc2)c1. The van der Waals surface area contributed by atoms with E-state index in [0.717, 1.165) is 56.0 Å². The Bertz CT molecular complexity index is 3670. The van der Waals surface area contributed by atoms with Crippen LogP contribution in [0.1, 0.15) is 0 Å². The lowest BCUT2D eigenvalue weighted by Gasteiger charge is -2.27. The lowest BCUT2D eigenvalue weighted by Crippen LogP contribution is -2.10. The van der Waals surface area contributed by atoms with Crippen LogP contribution in [0.3, 0.4) is 0 Å². The highest BCUT2D eigenvalue weighted by Crippen LogP contribution is 2.48. The van der Waals surface area contributed by atoms with Gasteiger partial charge in [-0.25, -0.2) is 0 Å². The minimum absolute atomic E-state index is 0.887. The number of fused-ring (bicyclic) bond motifs is 4. The first-order chi connectivity index (χ1) is 33.7. The van der Waals surface area contributed by atoms with Gasteiger partial charge in [-0.3, -0.25) is 0 Å². The summed E-state index contributed by atoms with van der Waals surface area (Å²) in [5.74, 6) is 1.79. The van der Waals surface area contributed by atoms with Crippen molar-refractivity contribution in [2.24, 2.45) is 0 Å². The predicted octanol–water partition coefficient (Wildman–Crippen LogP) is 18.7. The highest BCUT2D eigenvalue weighted by atomic mass is 16.5. The van der Waals surface area contributed by atoms with Gasteiger partial charge in [0.05, 0.1) is 0 Å². The molecular formula is C66H43NO.